The quantitative estimate of drug-likeness (QED) is 0.808. The van der Waals surface area contributed by atoms with Crippen LogP contribution in [0.1, 0.15) is 39.0 Å². The first-order valence-electron chi connectivity index (χ1n) is 7.98. The van der Waals surface area contributed by atoms with Gasteiger partial charge in [0, 0.05) is 49.8 Å². The lowest BCUT2D eigenvalue weighted by atomic mass is 10.0. The molecule has 0 aromatic heterocycles. The molecule has 2 aliphatic rings. The van der Waals surface area contributed by atoms with Crippen LogP contribution in [0, 0.1) is 0 Å². The van der Waals surface area contributed by atoms with Gasteiger partial charge in [-0.15, -0.1) is 0 Å². The van der Waals surface area contributed by atoms with E-state index in [-0.39, 0.29) is 0 Å². The average molecular weight is 286 g/mol. The standard InChI is InChI=1S/C15H30N2OS/c1-14-13-16(7-8-17(14)9-11-18)10-12-19-15-5-3-2-4-6-15/h14-15,18H,2-13H2,1H3/t14-/m1/s1. The highest BCUT2D eigenvalue weighted by Crippen LogP contribution is 2.28. The lowest BCUT2D eigenvalue weighted by Gasteiger charge is -2.39. The molecule has 4 heteroatoms. The van der Waals surface area contributed by atoms with E-state index in [0.717, 1.165) is 18.3 Å². The normalized spacial score (nSPS) is 27.8. The summed E-state index contributed by atoms with van der Waals surface area (Å²) in [6.45, 7) is 8.14. The summed E-state index contributed by atoms with van der Waals surface area (Å²) < 4.78 is 0. The van der Waals surface area contributed by atoms with Crippen LogP contribution in [0.25, 0.3) is 0 Å². The molecule has 1 aliphatic carbocycles. The van der Waals surface area contributed by atoms with Crippen molar-refractivity contribution >= 4 is 11.8 Å². The van der Waals surface area contributed by atoms with E-state index in [4.69, 9.17) is 5.11 Å². The maximum absolute atomic E-state index is 9.03. The first-order valence-corrected chi connectivity index (χ1v) is 9.03. The Labute approximate surface area is 122 Å². The van der Waals surface area contributed by atoms with Gasteiger partial charge in [0.15, 0.2) is 0 Å². The number of aliphatic hydroxyl groups excluding tert-OH is 1. The van der Waals surface area contributed by atoms with E-state index in [1.54, 1.807) is 0 Å². The van der Waals surface area contributed by atoms with E-state index in [9.17, 15) is 0 Å². The second-order valence-corrected chi connectivity index (χ2v) is 7.45. The average Bonchev–Trinajstić information content (AvgIpc) is 2.43. The van der Waals surface area contributed by atoms with E-state index in [1.807, 2.05) is 0 Å². The summed E-state index contributed by atoms with van der Waals surface area (Å²) in [5.41, 5.74) is 0. The van der Waals surface area contributed by atoms with Gasteiger partial charge in [-0.25, -0.2) is 0 Å². The van der Waals surface area contributed by atoms with Gasteiger partial charge in [-0.05, 0) is 19.8 Å². The van der Waals surface area contributed by atoms with Crippen molar-refractivity contribution < 1.29 is 5.11 Å². The van der Waals surface area contributed by atoms with E-state index in [2.05, 4.69) is 28.5 Å². The largest absolute Gasteiger partial charge is 0.395 e. The summed E-state index contributed by atoms with van der Waals surface area (Å²) >= 11 is 2.21. The van der Waals surface area contributed by atoms with Crippen molar-refractivity contribution in [1.82, 2.24) is 9.80 Å². The molecule has 112 valence electrons. The van der Waals surface area contributed by atoms with Crippen molar-refractivity contribution in [3.8, 4) is 0 Å². The van der Waals surface area contributed by atoms with Crippen molar-refractivity contribution in [3.05, 3.63) is 0 Å². The van der Waals surface area contributed by atoms with Crippen molar-refractivity contribution in [3.63, 3.8) is 0 Å². The van der Waals surface area contributed by atoms with E-state index >= 15 is 0 Å². The highest BCUT2D eigenvalue weighted by Gasteiger charge is 2.23. The molecule has 0 spiro atoms. The Bertz CT molecular complexity index is 246. The van der Waals surface area contributed by atoms with Gasteiger partial charge in [0.1, 0.15) is 0 Å². The fraction of sp³-hybridized carbons (Fsp3) is 1.00. The van der Waals surface area contributed by atoms with Crippen LogP contribution < -0.4 is 0 Å². The number of piperazine rings is 1. The van der Waals surface area contributed by atoms with Crippen molar-refractivity contribution in [1.29, 1.82) is 0 Å². The fourth-order valence-electron chi connectivity index (χ4n) is 3.31. The molecule has 1 saturated carbocycles. The molecular formula is C15H30N2OS. The topological polar surface area (TPSA) is 26.7 Å². The zero-order valence-corrected chi connectivity index (χ0v) is 13.2. The Morgan fingerprint density at radius 2 is 1.89 bits per heavy atom. The number of nitrogens with zero attached hydrogens (tertiary/aromatic N) is 2. The molecule has 1 heterocycles. The number of hydrogen-bond acceptors (Lipinski definition) is 4. The summed E-state index contributed by atoms with van der Waals surface area (Å²) in [7, 11) is 0. The van der Waals surface area contributed by atoms with Crippen molar-refractivity contribution in [2.45, 2.75) is 50.3 Å². The molecule has 0 unspecified atom stereocenters. The molecule has 2 rings (SSSR count). The lowest BCUT2D eigenvalue weighted by molar-refractivity contribution is 0.0720. The fourth-order valence-corrected chi connectivity index (χ4v) is 4.68. The number of β-amino-alcohol motifs (C(OH)–C–C–N with tert-alkyl or cyclic N) is 1. The van der Waals surface area contributed by atoms with Crippen LogP contribution in [0.2, 0.25) is 0 Å². The second kappa shape index (κ2) is 8.50. The van der Waals surface area contributed by atoms with E-state index < -0.39 is 0 Å². The first kappa shape index (κ1) is 15.6. The number of thioether (sulfide) groups is 1. The Hall–Kier alpha value is 0.230. The monoisotopic (exact) mass is 286 g/mol. The molecule has 1 saturated heterocycles. The second-order valence-electron chi connectivity index (χ2n) is 6.04. The molecule has 0 bridgehead atoms. The zero-order valence-electron chi connectivity index (χ0n) is 12.4. The maximum Gasteiger partial charge on any atom is 0.0558 e. The summed E-state index contributed by atoms with van der Waals surface area (Å²) in [6.07, 6.45) is 7.27. The maximum atomic E-state index is 9.03. The third-order valence-corrected chi connectivity index (χ3v) is 5.91. The molecule has 19 heavy (non-hydrogen) atoms. The minimum absolute atomic E-state index is 0.294. The van der Waals surface area contributed by atoms with Crippen molar-refractivity contribution in [2.24, 2.45) is 0 Å². The minimum atomic E-state index is 0.294. The number of hydrogen-bond donors (Lipinski definition) is 1. The van der Waals surface area contributed by atoms with Crippen LogP contribution in [-0.4, -0.2) is 71.3 Å². The van der Waals surface area contributed by atoms with Crippen LogP contribution in [0.3, 0.4) is 0 Å². The van der Waals surface area contributed by atoms with E-state index in [1.165, 1.54) is 57.5 Å². The van der Waals surface area contributed by atoms with Gasteiger partial charge >= 0.3 is 0 Å². The molecule has 0 aromatic carbocycles. The van der Waals surface area contributed by atoms with Crippen LogP contribution in [0.5, 0.6) is 0 Å². The molecule has 1 aliphatic heterocycles. The Morgan fingerprint density at radius 1 is 1.11 bits per heavy atom. The molecule has 2 fully saturated rings. The lowest BCUT2D eigenvalue weighted by Crippen LogP contribution is -2.52. The SMILES string of the molecule is C[C@@H]1CN(CCSC2CCCCC2)CCN1CCO. The Kier molecular flexibility index (Phi) is 6.99. The Morgan fingerprint density at radius 3 is 2.58 bits per heavy atom. The molecule has 0 radical (unpaired) electrons. The number of rotatable bonds is 6. The third-order valence-electron chi connectivity index (χ3n) is 4.55. The predicted molar refractivity (Wildman–Crippen MR) is 83.9 cm³/mol. The molecule has 0 aromatic rings. The predicted octanol–water partition coefficient (Wildman–Crippen LogP) is 2.05. The molecular weight excluding hydrogens is 256 g/mol. The van der Waals surface area contributed by atoms with Crippen LogP contribution in [0.4, 0.5) is 0 Å². The van der Waals surface area contributed by atoms with Gasteiger partial charge in [0.25, 0.3) is 0 Å². The molecule has 1 atom stereocenters. The third kappa shape index (κ3) is 5.25. The van der Waals surface area contributed by atoms with Gasteiger partial charge in [0.2, 0.25) is 0 Å². The highest BCUT2D eigenvalue weighted by molar-refractivity contribution is 7.99. The molecule has 0 amide bonds. The zero-order chi connectivity index (χ0) is 13.5. The number of aliphatic hydroxyl groups is 1. The molecule has 1 N–H and O–H groups in total. The van der Waals surface area contributed by atoms with Gasteiger partial charge in [-0.2, -0.15) is 11.8 Å². The van der Waals surface area contributed by atoms with Crippen LogP contribution >= 0.6 is 11.8 Å². The van der Waals surface area contributed by atoms with Gasteiger partial charge < -0.3 is 5.11 Å². The van der Waals surface area contributed by atoms with Crippen LogP contribution in [-0.2, 0) is 0 Å². The van der Waals surface area contributed by atoms with Crippen LogP contribution in [0.15, 0.2) is 0 Å². The van der Waals surface area contributed by atoms with Crippen molar-refractivity contribution in [2.75, 3.05) is 45.1 Å². The summed E-state index contributed by atoms with van der Waals surface area (Å²) in [4.78, 5) is 5.01. The van der Waals surface area contributed by atoms with E-state index in [0.29, 0.717) is 12.6 Å². The van der Waals surface area contributed by atoms with Gasteiger partial charge in [-0.1, -0.05) is 19.3 Å². The Balaban J connectivity index is 1.59. The summed E-state index contributed by atoms with van der Waals surface area (Å²) in [5.74, 6) is 1.30. The van der Waals surface area contributed by atoms with Gasteiger partial charge in [0.05, 0.1) is 6.61 Å². The first-order chi connectivity index (χ1) is 9.29. The summed E-state index contributed by atoms with van der Waals surface area (Å²) in [5, 5.41) is 9.98. The smallest absolute Gasteiger partial charge is 0.0558 e. The minimum Gasteiger partial charge on any atom is -0.395 e. The highest BCUT2D eigenvalue weighted by atomic mass is 32.2. The van der Waals surface area contributed by atoms with Gasteiger partial charge in [-0.3, -0.25) is 9.80 Å². The summed E-state index contributed by atoms with van der Waals surface area (Å²) in [6, 6.07) is 0.598. The molecule has 3 nitrogen and oxygen atoms in total.